The monoisotopic (exact) mass is 271 g/mol. The molecule has 1 unspecified atom stereocenters. The van der Waals surface area contributed by atoms with Crippen molar-refractivity contribution in [3.05, 3.63) is 22.6 Å². The molecule has 0 aliphatic rings. The van der Waals surface area contributed by atoms with Gasteiger partial charge in [-0.25, -0.2) is 0 Å². The third-order valence-electron chi connectivity index (χ3n) is 1.76. The van der Waals surface area contributed by atoms with Crippen LogP contribution in [-0.2, 0) is 6.42 Å². The van der Waals surface area contributed by atoms with Gasteiger partial charge in [0.2, 0.25) is 0 Å². The molecule has 0 aliphatic carbocycles. The Morgan fingerprint density at radius 3 is 2.93 bits per heavy atom. The highest BCUT2D eigenvalue weighted by Crippen LogP contribution is 2.23. The molecule has 2 N–H and O–H groups in total. The second kappa shape index (κ2) is 4.16. The van der Waals surface area contributed by atoms with Crippen molar-refractivity contribution in [3.63, 3.8) is 0 Å². The summed E-state index contributed by atoms with van der Waals surface area (Å²) in [7, 11) is 0. The van der Waals surface area contributed by atoms with E-state index in [0.717, 1.165) is 0 Å². The van der Waals surface area contributed by atoms with Gasteiger partial charge in [0, 0.05) is 12.5 Å². The molecule has 5 nitrogen and oxygen atoms in total. The first kappa shape index (κ1) is 10.4. The summed E-state index contributed by atoms with van der Waals surface area (Å²) in [5.41, 5.74) is 5.62. The van der Waals surface area contributed by atoms with E-state index in [-0.39, 0.29) is 6.04 Å². The van der Waals surface area contributed by atoms with Gasteiger partial charge in [-0.3, -0.25) is 0 Å². The van der Waals surface area contributed by atoms with Crippen molar-refractivity contribution in [2.75, 3.05) is 0 Å². The summed E-state index contributed by atoms with van der Waals surface area (Å²) < 4.78 is 10.9. The Labute approximate surface area is 94.8 Å². The maximum Gasteiger partial charge on any atom is 0.293 e. The Morgan fingerprint density at radius 1 is 1.53 bits per heavy atom. The van der Waals surface area contributed by atoms with E-state index in [0.29, 0.717) is 28.6 Å². The lowest BCUT2D eigenvalue weighted by molar-refractivity contribution is 0.405. The van der Waals surface area contributed by atoms with E-state index in [1.54, 1.807) is 12.1 Å². The van der Waals surface area contributed by atoms with Gasteiger partial charge in [0.25, 0.3) is 5.89 Å². The molecule has 0 aliphatic heterocycles. The van der Waals surface area contributed by atoms with Crippen LogP contribution in [0.1, 0.15) is 12.7 Å². The highest BCUT2D eigenvalue weighted by Gasteiger charge is 2.12. The molecular formula is C9H10BrN3O2. The van der Waals surface area contributed by atoms with Gasteiger partial charge in [0.05, 0.1) is 0 Å². The van der Waals surface area contributed by atoms with E-state index < -0.39 is 0 Å². The van der Waals surface area contributed by atoms with E-state index in [2.05, 4.69) is 26.1 Å². The van der Waals surface area contributed by atoms with Gasteiger partial charge >= 0.3 is 0 Å². The van der Waals surface area contributed by atoms with Crippen molar-refractivity contribution in [1.82, 2.24) is 10.1 Å². The van der Waals surface area contributed by atoms with Crippen LogP contribution in [0.2, 0.25) is 0 Å². The van der Waals surface area contributed by atoms with E-state index >= 15 is 0 Å². The first-order chi connectivity index (χ1) is 7.15. The van der Waals surface area contributed by atoms with E-state index in [9.17, 15) is 0 Å². The molecule has 2 aromatic heterocycles. The van der Waals surface area contributed by atoms with Crippen LogP contribution in [0.15, 0.2) is 25.7 Å². The predicted octanol–water partition coefficient (Wildman–Crippen LogP) is 1.98. The zero-order valence-corrected chi connectivity index (χ0v) is 9.69. The molecule has 0 saturated heterocycles. The summed E-state index contributed by atoms with van der Waals surface area (Å²) in [6.45, 7) is 1.89. The molecule has 0 radical (unpaired) electrons. The molecule has 0 saturated carbocycles. The van der Waals surface area contributed by atoms with E-state index in [4.69, 9.17) is 14.7 Å². The number of hydrogen-bond donors (Lipinski definition) is 1. The number of halogens is 1. The first-order valence-corrected chi connectivity index (χ1v) is 5.28. The molecule has 2 rings (SSSR count). The van der Waals surface area contributed by atoms with Gasteiger partial charge in [0.15, 0.2) is 16.3 Å². The zero-order valence-electron chi connectivity index (χ0n) is 8.11. The average molecular weight is 272 g/mol. The SMILES string of the molecule is CC(N)Cc1noc(-c2ccc(Br)o2)n1. The summed E-state index contributed by atoms with van der Waals surface area (Å²) in [6.07, 6.45) is 0.589. The van der Waals surface area contributed by atoms with Gasteiger partial charge in [-0.05, 0) is 35.0 Å². The molecule has 15 heavy (non-hydrogen) atoms. The van der Waals surface area contributed by atoms with Crippen molar-refractivity contribution in [2.24, 2.45) is 5.73 Å². The highest BCUT2D eigenvalue weighted by atomic mass is 79.9. The topological polar surface area (TPSA) is 78.1 Å². The third kappa shape index (κ3) is 2.45. The fraction of sp³-hybridized carbons (Fsp3) is 0.333. The lowest BCUT2D eigenvalue weighted by Gasteiger charge is -1.96. The van der Waals surface area contributed by atoms with Crippen molar-refractivity contribution in [2.45, 2.75) is 19.4 Å². The Kier molecular flexibility index (Phi) is 2.88. The molecule has 0 bridgehead atoms. The quantitative estimate of drug-likeness (QED) is 0.924. The molecule has 1 atom stereocenters. The van der Waals surface area contributed by atoms with Crippen LogP contribution in [0.25, 0.3) is 11.7 Å². The number of aromatic nitrogens is 2. The number of nitrogens with zero attached hydrogens (tertiary/aromatic N) is 2. The molecule has 2 aromatic rings. The van der Waals surface area contributed by atoms with Crippen molar-refractivity contribution >= 4 is 15.9 Å². The second-order valence-corrected chi connectivity index (χ2v) is 4.08. The summed E-state index contributed by atoms with van der Waals surface area (Å²) in [6, 6.07) is 3.54. The van der Waals surface area contributed by atoms with Crippen LogP contribution in [0.4, 0.5) is 0 Å². The number of rotatable bonds is 3. The molecule has 0 amide bonds. The van der Waals surface area contributed by atoms with Gasteiger partial charge in [-0.2, -0.15) is 4.98 Å². The Bertz CT molecular complexity index is 450. The van der Waals surface area contributed by atoms with Crippen LogP contribution in [0.5, 0.6) is 0 Å². The molecule has 0 aromatic carbocycles. The normalized spacial score (nSPS) is 13.0. The number of nitrogens with two attached hydrogens (primary N) is 1. The summed E-state index contributed by atoms with van der Waals surface area (Å²) in [5, 5.41) is 3.80. The lowest BCUT2D eigenvalue weighted by atomic mass is 10.2. The standard InChI is InChI=1S/C9H10BrN3O2/c1-5(11)4-8-12-9(15-13-8)6-2-3-7(10)14-6/h2-3,5H,4,11H2,1H3. The lowest BCUT2D eigenvalue weighted by Crippen LogP contribution is -2.18. The van der Waals surface area contributed by atoms with E-state index in [1.807, 2.05) is 6.92 Å². The summed E-state index contributed by atoms with van der Waals surface area (Å²) >= 11 is 3.20. The number of hydrogen-bond acceptors (Lipinski definition) is 5. The van der Waals surface area contributed by atoms with Gasteiger partial charge in [0.1, 0.15) is 0 Å². The van der Waals surface area contributed by atoms with Crippen LogP contribution in [0.3, 0.4) is 0 Å². The minimum atomic E-state index is 0.0128. The second-order valence-electron chi connectivity index (χ2n) is 3.30. The molecule has 0 fully saturated rings. The van der Waals surface area contributed by atoms with Gasteiger partial charge in [-0.1, -0.05) is 5.16 Å². The van der Waals surface area contributed by atoms with Crippen LogP contribution in [-0.4, -0.2) is 16.2 Å². The highest BCUT2D eigenvalue weighted by molar-refractivity contribution is 9.10. The molecular weight excluding hydrogens is 262 g/mol. The van der Waals surface area contributed by atoms with Crippen LogP contribution >= 0.6 is 15.9 Å². The largest absolute Gasteiger partial charge is 0.444 e. The minimum Gasteiger partial charge on any atom is -0.444 e. The Morgan fingerprint density at radius 2 is 2.33 bits per heavy atom. The first-order valence-electron chi connectivity index (χ1n) is 4.49. The third-order valence-corrected chi connectivity index (χ3v) is 2.18. The van der Waals surface area contributed by atoms with Crippen molar-refractivity contribution in [3.8, 4) is 11.7 Å². The molecule has 6 heteroatoms. The fourth-order valence-electron chi connectivity index (χ4n) is 1.15. The van der Waals surface area contributed by atoms with Crippen molar-refractivity contribution < 1.29 is 8.94 Å². The minimum absolute atomic E-state index is 0.0128. The Balaban J connectivity index is 2.20. The van der Waals surface area contributed by atoms with Gasteiger partial charge < -0.3 is 14.7 Å². The fourth-order valence-corrected chi connectivity index (χ4v) is 1.46. The van der Waals surface area contributed by atoms with Crippen LogP contribution < -0.4 is 5.73 Å². The predicted molar refractivity (Wildman–Crippen MR) is 57.1 cm³/mol. The number of furan rings is 1. The van der Waals surface area contributed by atoms with Gasteiger partial charge in [-0.15, -0.1) is 0 Å². The molecule has 0 spiro atoms. The summed E-state index contributed by atoms with van der Waals surface area (Å²) in [4.78, 5) is 4.16. The Hall–Kier alpha value is -1.14. The average Bonchev–Trinajstić information content (AvgIpc) is 2.72. The molecule has 80 valence electrons. The van der Waals surface area contributed by atoms with E-state index in [1.165, 1.54) is 0 Å². The zero-order chi connectivity index (χ0) is 10.8. The maximum atomic E-state index is 5.62. The van der Waals surface area contributed by atoms with Crippen molar-refractivity contribution in [1.29, 1.82) is 0 Å². The summed E-state index contributed by atoms with van der Waals surface area (Å²) in [5.74, 6) is 1.51. The smallest absolute Gasteiger partial charge is 0.293 e. The molecule has 2 heterocycles. The van der Waals surface area contributed by atoms with Crippen LogP contribution in [0, 0.1) is 0 Å². The maximum absolute atomic E-state index is 5.62.